The smallest absolute Gasteiger partial charge is 0.0374 e. The third-order valence-corrected chi connectivity index (χ3v) is 2.80. The molecule has 2 atom stereocenters. The lowest BCUT2D eigenvalue weighted by Crippen LogP contribution is -2.30. The summed E-state index contributed by atoms with van der Waals surface area (Å²) in [7, 11) is 0. The van der Waals surface area contributed by atoms with Gasteiger partial charge in [0.05, 0.1) is 0 Å². The monoisotopic (exact) mass is 161 g/mol. The van der Waals surface area contributed by atoms with E-state index in [1.54, 1.807) is 0 Å². The molecule has 1 aliphatic heterocycles. The normalized spacial score (nSPS) is 27.5. The largest absolute Gasteiger partial charge is 0.382 e. The third kappa shape index (κ3) is 1.20. The highest BCUT2D eigenvalue weighted by molar-refractivity contribution is 5.53. The van der Waals surface area contributed by atoms with Gasteiger partial charge in [0.2, 0.25) is 0 Å². The fourth-order valence-electron chi connectivity index (χ4n) is 1.75. The van der Waals surface area contributed by atoms with Crippen molar-refractivity contribution in [1.29, 1.82) is 0 Å². The van der Waals surface area contributed by atoms with Crippen LogP contribution >= 0.6 is 0 Å². The van der Waals surface area contributed by atoms with Crippen LogP contribution in [0.15, 0.2) is 24.3 Å². The fourth-order valence-corrected chi connectivity index (χ4v) is 1.75. The molecule has 0 radical (unpaired) electrons. The lowest BCUT2D eigenvalue weighted by Gasteiger charge is -2.29. The van der Waals surface area contributed by atoms with Crippen LogP contribution in [0.2, 0.25) is 0 Å². The maximum absolute atomic E-state index is 3.51. The molecule has 0 saturated carbocycles. The zero-order valence-electron chi connectivity index (χ0n) is 7.67. The standard InChI is InChI=1S/C11H15N/c1-8-7-10-5-3-4-6-11(10)12-9(8)2/h3-6,8-9,12H,7H2,1-2H3/t8-,9?/m1/s1. The molecule has 0 aliphatic carbocycles. The molecule has 1 aromatic carbocycles. The zero-order chi connectivity index (χ0) is 8.55. The number of anilines is 1. The number of benzene rings is 1. The predicted octanol–water partition coefficient (Wildman–Crippen LogP) is 2.68. The van der Waals surface area contributed by atoms with Crippen LogP contribution in [0.4, 0.5) is 5.69 Å². The van der Waals surface area contributed by atoms with Crippen LogP contribution in [0, 0.1) is 5.92 Å². The van der Waals surface area contributed by atoms with E-state index < -0.39 is 0 Å². The Morgan fingerprint density at radius 1 is 1.25 bits per heavy atom. The van der Waals surface area contributed by atoms with E-state index in [9.17, 15) is 0 Å². The van der Waals surface area contributed by atoms with Gasteiger partial charge in [-0.2, -0.15) is 0 Å². The average molecular weight is 161 g/mol. The minimum absolute atomic E-state index is 0.611. The maximum Gasteiger partial charge on any atom is 0.0374 e. The van der Waals surface area contributed by atoms with Gasteiger partial charge in [-0.1, -0.05) is 25.1 Å². The molecule has 1 nitrogen and oxygen atoms in total. The first-order chi connectivity index (χ1) is 5.77. The highest BCUT2D eigenvalue weighted by Crippen LogP contribution is 2.27. The van der Waals surface area contributed by atoms with Gasteiger partial charge in [0.25, 0.3) is 0 Å². The van der Waals surface area contributed by atoms with Crippen LogP contribution < -0.4 is 5.32 Å². The average Bonchev–Trinajstić information content (AvgIpc) is 2.07. The summed E-state index contributed by atoms with van der Waals surface area (Å²) in [6.07, 6.45) is 1.21. The molecule has 0 saturated heterocycles. The van der Waals surface area contributed by atoms with E-state index in [0.29, 0.717) is 6.04 Å². The molecule has 1 heterocycles. The number of para-hydroxylation sites is 1. The van der Waals surface area contributed by atoms with Crippen LogP contribution in [0.25, 0.3) is 0 Å². The first-order valence-electron chi connectivity index (χ1n) is 4.62. The van der Waals surface area contributed by atoms with Crippen LogP contribution in [-0.2, 0) is 6.42 Å². The van der Waals surface area contributed by atoms with Crippen molar-refractivity contribution in [3.8, 4) is 0 Å². The summed E-state index contributed by atoms with van der Waals surface area (Å²) >= 11 is 0. The van der Waals surface area contributed by atoms with Crippen molar-refractivity contribution in [3.63, 3.8) is 0 Å². The minimum atomic E-state index is 0.611. The number of fused-ring (bicyclic) bond motifs is 1. The van der Waals surface area contributed by atoms with Crippen molar-refractivity contribution in [3.05, 3.63) is 29.8 Å². The highest BCUT2D eigenvalue weighted by atomic mass is 14.9. The molecule has 1 unspecified atom stereocenters. The van der Waals surface area contributed by atoms with Gasteiger partial charge in [-0.3, -0.25) is 0 Å². The first kappa shape index (κ1) is 7.66. The molecule has 0 aromatic heterocycles. The van der Waals surface area contributed by atoms with E-state index in [0.717, 1.165) is 5.92 Å². The second-order valence-corrected chi connectivity index (χ2v) is 3.77. The van der Waals surface area contributed by atoms with E-state index in [4.69, 9.17) is 0 Å². The van der Waals surface area contributed by atoms with Crippen molar-refractivity contribution in [2.24, 2.45) is 5.92 Å². The van der Waals surface area contributed by atoms with E-state index in [1.807, 2.05) is 0 Å². The van der Waals surface area contributed by atoms with Gasteiger partial charge in [0.1, 0.15) is 0 Å². The van der Waals surface area contributed by atoms with E-state index >= 15 is 0 Å². The second kappa shape index (κ2) is 2.81. The van der Waals surface area contributed by atoms with E-state index in [2.05, 4.69) is 43.4 Å². The molecule has 0 spiro atoms. The first-order valence-corrected chi connectivity index (χ1v) is 4.62. The van der Waals surface area contributed by atoms with E-state index in [1.165, 1.54) is 17.7 Å². The molecule has 1 heteroatoms. The second-order valence-electron chi connectivity index (χ2n) is 3.77. The lowest BCUT2D eigenvalue weighted by atomic mass is 9.90. The van der Waals surface area contributed by atoms with Gasteiger partial charge >= 0.3 is 0 Å². The number of nitrogens with one attached hydrogen (secondary N) is 1. The Labute approximate surface area is 73.8 Å². The fraction of sp³-hybridized carbons (Fsp3) is 0.455. The van der Waals surface area contributed by atoms with Crippen molar-refractivity contribution in [2.45, 2.75) is 26.3 Å². The lowest BCUT2D eigenvalue weighted by molar-refractivity contribution is 0.491. The SMILES string of the molecule is CC1Nc2ccccc2C[C@H]1C. The maximum atomic E-state index is 3.51. The van der Waals surface area contributed by atoms with Gasteiger partial charge in [-0.15, -0.1) is 0 Å². The van der Waals surface area contributed by atoms with E-state index in [-0.39, 0.29) is 0 Å². The van der Waals surface area contributed by atoms with Crippen molar-refractivity contribution in [1.82, 2.24) is 0 Å². The van der Waals surface area contributed by atoms with Crippen molar-refractivity contribution < 1.29 is 0 Å². The summed E-state index contributed by atoms with van der Waals surface area (Å²) in [6, 6.07) is 9.19. The van der Waals surface area contributed by atoms with Gasteiger partial charge in [0.15, 0.2) is 0 Å². The molecule has 0 fully saturated rings. The molecule has 1 aliphatic rings. The Morgan fingerprint density at radius 2 is 2.00 bits per heavy atom. The molecule has 2 rings (SSSR count). The Hall–Kier alpha value is -0.980. The minimum Gasteiger partial charge on any atom is -0.382 e. The van der Waals surface area contributed by atoms with Gasteiger partial charge in [0, 0.05) is 11.7 Å². The van der Waals surface area contributed by atoms with Crippen LogP contribution in [0.3, 0.4) is 0 Å². The third-order valence-electron chi connectivity index (χ3n) is 2.80. The van der Waals surface area contributed by atoms with Gasteiger partial charge in [-0.25, -0.2) is 0 Å². The summed E-state index contributed by atoms with van der Waals surface area (Å²) in [6.45, 7) is 4.55. The number of hydrogen-bond acceptors (Lipinski definition) is 1. The Bertz CT molecular complexity index is 251. The Morgan fingerprint density at radius 3 is 2.83 bits per heavy atom. The molecular weight excluding hydrogens is 146 g/mol. The Balaban J connectivity index is 2.34. The molecule has 1 N–H and O–H groups in total. The van der Waals surface area contributed by atoms with Crippen molar-refractivity contribution in [2.75, 3.05) is 5.32 Å². The summed E-state index contributed by atoms with van der Waals surface area (Å²) in [4.78, 5) is 0. The predicted molar refractivity (Wildman–Crippen MR) is 52.4 cm³/mol. The summed E-state index contributed by atoms with van der Waals surface area (Å²) in [5, 5.41) is 3.51. The van der Waals surface area contributed by atoms with Gasteiger partial charge in [-0.05, 0) is 30.9 Å². The summed E-state index contributed by atoms with van der Waals surface area (Å²) < 4.78 is 0. The molecule has 12 heavy (non-hydrogen) atoms. The molecule has 0 bridgehead atoms. The molecule has 0 amide bonds. The van der Waals surface area contributed by atoms with Crippen LogP contribution in [0.5, 0.6) is 0 Å². The quantitative estimate of drug-likeness (QED) is 0.617. The zero-order valence-corrected chi connectivity index (χ0v) is 7.67. The highest BCUT2D eigenvalue weighted by Gasteiger charge is 2.19. The van der Waals surface area contributed by atoms with Crippen LogP contribution in [-0.4, -0.2) is 6.04 Å². The number of hydrogen-bond donors (Lipinski definition) is 1. The Kier molecular flexibility index (Phi) is 1.80. The summed E-state index contributed by atoms with van der Waals surface area (Å²) in [5.74, 6) is 0.750. The van der Waals surface area contributed by atoms with Crippen LogP contribution in [0.1, 0.15) is 19.4 Å². The molecule has 64 valence electrons. The molecular formula is C11H15N. The topological polar surface area (TPSA) is 12.0 Å². The van der Waals surface area contributed by atoms with Gasteiger partial charge < -0.3 is 5.32 Å². The number of rotatable bonds is 0. The summed E-state index contributed by atoms with van der Waals surface area (Å²) in [5.41, 5.74) is 2.78. The molecule has 1 aromatic rings. The van der Waals surface area contributed by atoms with Crippen molar-refractivity contribution >= 4 is 5.69 Å².